The molecular formula is C53H76O14Si. The van der Waals surface area contributed by atoms with Gasteiger partial charge in [-0.3, -0.25) is 0 Å². The molecule has 4 aromatic carbocycles. The van der Waals surface area contributed by atoms with E-state index in [4.69, 9.17) is 65.7 Å². The Balaban J connectivity index is 0.00000120. The summed E-state index contributed by atoms with van der Waals surface area (Å²) in [4.78, 5) is 0. The predicted molar refractivity (Wildman–Crippen MR) is 266 cm³/mol. The van der Waals surface area contributed by atoms with Crippen LogP contribution in [0.15, 0.2) is 109 Å². The van der Waals surface area contributed by atoms with Gasteiger partial charge in [0.25, 0.3) is 0 Å². The monoisotopic (exact) mass is 965 g/mol. The third-order valence-electron chi connectivity index (χ3n) is 9.58. The second-order valence-corrected chi connectivity index (χ2v) is 17.7. The molecule has 4 aromatic rings. The largest absolute Gasteiger partial charge is 0.487 e. The Morgan fingerprint density at radius 2 is 0.603 bits per heavy atom. The van der Waals surface area contributed by atoms with Crippen LogP contribution in [0.3, 0.4) is 0 Å². The molecule has 15 heteroatoms. The third kappa shape index (κ3) is 20.3. The normalized spacial score (nSPS) is 19.4. The van der Waals surface area contributed by atoms with Crippen LogP contribution in [0.4, 0.5) is 0 Å². The van der Waals surface area contributed by atoms with Crippen molar-refractivity contribution in [1.29, 1.82) is 0 Å². The standard InChI is InChI=1S/C45H52O14Si.4C2H6/c1-3-60(2,58-36(28-54-42-16-8-4-12-38(42)50-24-32-20-46-32)29-55-43-17-9-5-13-39(43)51-25-33-21-47-33)59-37(30-56-44-18-10-6-14-40(44)52-26-34-22-48-34)31-57-45-19-11-7-15-41(45)53-27-35-23-49-35;4*1-2/h3-19,32-37H,1,20-31H2,2H3;4*1-2H3. The lowest BCUT2D eigenvalue weighted by molar-refractivity contribution is 0.0107. The van der Waals surface area contributed by atoms with Gasteiger partial charge in [-0.1, -0.05) is 104 Å². The van der Waals surface area contributed by atoms with Crippen LogP contribution in [0.1, 0.15) is 55.4 Å². The van der Waals surface area contributed by atoms with Crippen LogP contribution >= 0.6 is 0 Å². The minimum absolute atomic E-state index is 0.0883. The van der Waals surface area contributed by atoms with Crippen LogP contribution in [0.5, 0.6) is 46.0 Å². The van der Waals surface area contributed by atoms with Gasteiger partial charge in [0.15, 0.2) is 46.0 Å². The van der Waals surface area contributed by atoms with E-state index in [2.05, 4.69) is 6.58 Å². The highest BCUT2D eigenvalue weighted by Gasteiger charge is 2.37. The Morgan fingerprint density at radius 1 is 0.412 bits per heavy atom. The zero-order chi connectivity index (χ0) is 49.0. The van der Waals surface area contributed by atoms with Gasteiger partial charge < -0.3 is 65.7 Å². The van der Waals surface area contributed by atoms with E-state index in [1.807, 2.05) is 159 Å². The van der Waals surface area contributed by atoms with E-state index in [1.165, 1.54) is 0 Å². The number of benzene rings is 4. The molecule has 0 radical (unpaired) electrons. The number of hydrogen-bond acceptors (Lipinski definition) is 14. The molecule has 0 aromatic heterocycles. The zero-order valence-electron chi connectivity index (χ0n) is 41.7. The lowest BCUT2D eigenvalue weighted by Gasteiger charge is -2.33. The van der Waals surface area contributed by atoms with Gasteiger partial charge in [0.2, 0.25) is 0 Å². The van der Waals surface area contributed by atoms with Crippen molar-refractivity contribution in [1.82, 2.24) is 0 Å². The van der Waals surface area contributed by atoms with Crippen LogP contribution in [0.2, 0.25) is 6.55 Å². The minimum atomic E-state index is -3.29. The molecule has 0 amide bonds. The quantitative estimate of drug-likeness (QED) is 0.0376. The molecule has 0 spiro atoms. The highest BCUT2D eigenvalue weighted by Crippen LogP contribution is 2.33. The smallest absolute Gasteiger partial charge is 0.362 e. The first-order valence-electron chi connectivity index (χ1n) is 24.3. The molecule has 4 unspecified atom stereocenters. The summed E-state index contributed by atoms with van der Waals surface area (Å²) < 4.78 is 84.9. The second kappa shape index (κ2) is 31.2. The van der Waals surface area contributed by atoms with Crippen LogP contribution in [-0.4, -0.2) is 124 Å². The van der Waals surface area contributed by atoms with Gasteiger partial charge >= 0.3 is 8.56 Å². The fraction of sp³-hybridized carbons (Fsp3) is 0.509. The Hall–Kier alpha value is -5.00. The molecule has 8 rings (SSSR count). The first-order valence-corrected chi connectivity index (χ1v) is 26.7. The van der Waals surface area contributed by atoms with Crippen molar-refractivity contribution in [3.63, 3.8) is 0 Å². The summed E-state index contributed by atoms with van der Waals surface area (Å²) >= 11 is 0. The number of epoxide rings is 4. The molecule has 4 aliphatic rings. The van der Waals surface area contributed by atoms with Crippen molar-refractivity contribution in [3.05, 3.63) is 109 Å². The van der Waals surface area contributed by atoms with Gasteiger partial charge in [-0.05, 0) is 60.8 Å². The summed E-state index contributed by atoms with van der Waals surface area (Å²) in [6.07, 6.45) is -0.926. The fourth-order valence-electron chi connectivity index (χ4n) is 5.89. The maximum absolute atomic E-state index is 6.89. The van der Waals surface area contributed by atoms with Gasteiger partial charge in [0.05, 0.1) is 26.4 Å². The molecule has 0 saturated carbocycles. The van der Waals surface area contributed by atoms with Crippen molar-refractivity contribution in [2.24, 2.45) is 0 Å². The van der Waals surface area contributed by atoms with Gasteiger partial charge in [-0.15, -0.1) is 6.58 Å². The van der Waals surface area contributed by atoms with Crippen molar-refractivity contribution in [2.75, 3.05) is 79.3 Å². The van der Waals surface area contributed by atoms with E-state index < -0.39 is 20.8 Å². The maximum Gasteiger partial charge on any atom is 0.362 e. The van der Waals surface area contributed by atoms with E-state index >= 15 is 0 Å². The molecule has 14 nitrogen and oxygen atoms in total. The van der Waals surface area contributed by atoms with Gasteiger partial charge in [-0.2, -0.15) is 0 Å². The van der Waals surface area contributed by atoms with Crippen molar-refractivity contribution < 1.29 is 65.7 Å². The summed E-state index contributed by atoms with van der Waals surface area (Å²) in [7, 11) is -3.29. The van der Waals surface area contributed by atoms with E-state index in [0.717, 1.165) is 0 Å². The highest BCUT2D eigenvalue weighted by atomic mass is 28.4. The molecule has 4 fully saturated rings. The average Bonchev–Trinajstić information content (AvgIpc) is 4.15. The summed E-state index contributed by atoms with van der Waals surface area (Å²) in [5, 5.41) is 0. The SMILES string of the molecule is C=C[Si](C)(OC(COc1ccccc1OCC1CO1)COc1ccccc1OCC1CO1)OC(COc1ccccc1OCC1CO1)COc1ccccc1OCC1CO1.CC.CC.CC.CC. The lowest BCUT2D eigenvalue weighted by Crippen LogP contribution is -2.49. The van der Waals surface area contributed by atoms with Gasteiger partial charge in [-0.25, -0.2) is 0 Å². The number of ether oxygens (including phenoxy) is 12. The molecule has 376 valence electrons. The van der Waals surface area contributed by atoms with E-state index in [1.54, 1.807) is 5.70 Å². The van der Waals surface area contributed by atoms with Gasteiger partial charge in [0, 0.05) is 0 Å². The molecule has 4 heterocycles. The maximum atomic E-state index is 6.89. The first-order chi connectivity index (χ1) is 33.5. The molecule has 0 N–H and O–H groups in total. The second-order valence-electron chi connectivity index (χ2n) is 14.8. The average molecular weight is 965 g/mol. The van der Waals surface area contributed by atoms with Crippen LogP contribution in [0.25, 0.3) is 0 Å². The molecule has 68 heavy (non-hydrogen) atoms. The molecule has 4 atom stereocenters. The van der Waals surface area contributed by atoms with Gasteiger partial charge in [0.1, 0.15) is 89.5 Å². The summed E-state index contributed by atoms with van der Waals surface area (Å²) in [6, 6.07) is 30.0. The lowest BCUT2D eigenvalue weighted by atomic mass is 10.3. The topological polar surface area (TPSA) is 142 Å². The Kier molecular flexibility index (Phi) is 25.5. The summed E-state index contributed by atoms with van der Waals surface area (Å²) in [5.74, 6) is 4.65. The molecular weight excluding hydrogens is 889 g/mol. The Bertz CT molecular complexity index is 1710. The van der Waals surface area contributed by atoms with Crippen molar-refractivity contribution in [3.8, 4) is 46.0 Å². The zero-order valence-corrected chi connectivity index (χ0v) is 42.7. The molecule has 4 aliphatic heterocycles. The van der Waals surface area contributed by atoms with Crippen molar-refractivity contribution >= 4 is 8.56 Å². The van der Waals surface area contributed by atoms with Crippen molar-refractivity contribution in [2.45, 2.75) is 98.6 Å². The fourth-order valence-corrected chi connectivity index (χ4v) is 7.74. The number of hydrogen-bond donors (Lipinski definition) is 0. The van der Waals surface area contributed by atoms with Crippen LogP contribution in [0, 0.1) is 0 Å². The Labute approximate surface area is 406 Å². The van der Waals surface area contributed by atoms with E-state index in [-0.39, 0.29) is 50.8 Å². The predicted octanol–water partition coefficient (Wildman–Crippen LogP) is 10.1. The van der Waals surface area contributed by atoms with Crippen LogP contribution < -0.4 is 37.9 Å². The molecule has 0 bridgehead atoms. The minimum Gasteiger partial charge on any atom is -0.487 e. The summed E-state index contributed by atoms with van der Waals surface area (Å²) in [5.41, 5.74) is 1.73. The third-order valence-corrected chi connectivity index (χ3v) is 11.9. The van der Waals surface area contributed by atoms with E-state index in [9.17, 15) is 0 Å². The molecule has 4 saturated heterocycles. The highest BCUT2D eigenvalue weighted by molar-refractivity contribution is 6.71. The first kappa shape index (κ1) is 55.6. The number of para-hydroxylation sites is 8. The number of rotatable bonds is 29. The van der Waals surface area contributed by atoms with Crippen LogP contribution in [-0.2, 0) is 27.8 Å². The molecule has 0 aliphatic carbocycles. The van der Waals surface area contributed by atoms with E-state index in [0.29, 0.717) is 98.9 Å². The summed E-state index contributed by atoms with van der Waals surface area (Å²) in [6.45, 7) is 27.0. The Morgan fingerprint density at radius 3 is 0.779 bits per heavy atom.